The molecule has 5 nitrogen and oxygen atoms in total. The monoisotopic (exact) mass is 329 g/mol. The van der Waals surface area contributed by atoms with Gasteiger partial charge in [-0.05, 0) is 23.5 Å². The first kappa shape index (κ1) is 19.2. The molecule has 1 aliphatic rings. The Morgan fingerprint density at radius 1 is 1.27 bits per heavy atom. The Balaban J connectivity index is 3.12. The average molecular weight is 330 g/mol. The first-order valence-electron chi connectivity index (χ1n) is 7.83. The number of hydrogen-bond acceptors (Lipinski definition) is 3. The van der Waals surface area contributed by atoms with Crippen LogP contribution in [0.25, 0.3) is 0 Å². The van der Waals surface area contributed by atoms with E-state index in [2.05, 4.69) is 33.9 Å². The van der Waals surface area contributed by atoms with Crippen molar-refractivity contribution < 1.29 is 19.1 Å². The summed E-state index contributed by atoms with van der Waals surface area (Å²) in [6.07, 6.45) is -0.0423. The number of carbonyl (C=O) groups is 2. The summed E-state index contributed by atoms with van der Waals surface area (Å²) >= 11 is 0. The van der Waals surface area contributed by atoms with Crippen molar-refractivity contribution in [2.75, 3.05) is 6.54 Å². The molecule has 0 unspecified atom stereocenters. The van der Waals surface area contributed by atoms with E-state index in [1.165, 1.54) is 4.90 Å². The molecule has 1 saturated heterocycles. The van der Waals surface area contributed by atoms with E-state index in [9.17, 15) is 14.7 Å². The van der Waals surface area contributed by atoms with E-state index in [-0.39, 0.29) is 17.7 Å². The lowest BCUT2D eigenvalue weighted by Gasteiger charge is -2.42. The molecule has 0 spiro atoms. The second kappa shape index (κ2) is 5.64. The molecular formula is C16H31NO4Si. The number of nitrogens with zero attached hydrogens (tertiary/aromatic N) is 1. The molecule has 0 bridgehead atoms. The maximum Gasteiger partial charge on any atom is 0.408 e. The minimum atomic E-state index is -2.00. The zero-order valence-electron chi connectivity index (χ0n) is 15.2. The van der Waals surface area contributed by atoms with Crippen LogP contribution in [0.3, 0.4) is 0 Å². The van der Waals surface area contributed by atoms with Crippen molar-refractivity contribution in [3.8, 4) is 0 Å². The fourth-order valence-corrected chi connectivity index (χ4v) is 4.15. The molecule has 0 radical (unpaired) electrons. The Hall–Kier alpha value is -0.883. The zero-order valence-corrected chi connectivity index (χ0v) is 16.2. The van der Waals surface area contributed by atoms with Gasteiger partial charge in [0, 0.05) is 6.42 Å². The molecule has 0 aromatic heterocycles. The number of hydrogen-bond donors (Lipinski definition) is 1. The maximum atomic E-state index is 11.8. The lowest BCUT2D eigenvalue weighted by atomic mass is 9.72. The third-order valence-electron chi connectivity index (χ3n) is 5.40. The summed E-state index contributed by atoms with van der Waals surface area (Å²) in [6.45, 7) is 16.7. The highest BCUT2D eigenvalue weighted by Crippen LogP contribution is 2.45. The van der Waals surface area contributed by atoms with E-state index >= 15 is 0 Å². The maximum absolute atomic E-state index is 11.8. The van der Waals surface area contributed by atoms with Gasteiger partial charge in [0.15, 0.2) is 8.32 Å². The predicted octanol–water partition coefficient (Wildman–Crippen LogP) is 3.74. The molecule has 1 heterocycles. The minimum absolute atomic E-state index is 0.0508. The van der Waals surface area contributed by atoms with Gasteiger partial charge in [-0.25, -0.2) is 4.79 Å². The van der Waals surface area contributed by atoms with Crippen molar-refractivity contribution in [3.63, 3.8) is 0 Å². The number of carbonyl (C=O) groups excluding carboxylic acids is 1. The summed E-state index contributed by atoms with van der Waals surface area (Å²) in [5.74, 6) is 0. The fraction of sp³-hybridized carbons (Fsp3) is 0.875. The van der Waals surface area contributed by atoms with Crippen LogP contribution in [0.1, 0.15) is 48.0 Å². The molecule has 0 aromatic rings. The number of amides is 1. The smallest absolute Gasteiger partial charge is 0.408 e. The fourth-order valence-electron chi connectivity index (χ4n) is 2.81. The standard InChI is InChI=1S/C16H31NO4Si/c1-14(2,3)16(11-18)9-12(10-17(16)13(19)20)21-22(7,8)15(4,5)6/h11-12H,9-10H2,1-8H3,(H,19,20)/t12-,16-/m1/s1. The molecule has 1 N–H and O–H groups in total. The highest BCUT2D eigenvalue weighted by molar-refractivity contribution is 6.74. The van der Waals surface area contributed by atoms with Crippen molar-refractivity contribution in [2.45, 2.75) is 77.7 Å². The number of carboxylic acid groups (broad SMARTS) is 1. The Kier molecular flexibility index (Phi) is 4.91. The van der Waals surface area contributed by atoms with Crippen LogP contribution < -0.4 is 0 Å². The van der Waals surface area contributed by atoms with Gasteiger partial charge in [0.25, 0.3) is 0 Å². The van der Waals surface area contributed by atoms with Crippen molar-refractivity contribution in [1.29, 1.82) is 0 Å². The normalized spacial score (nSPS) is 27.1. The molecule has 0 aromatic carbocycles. The Bertz CT molecular complexity index is 450. The molecule has 1 fully saturated rings. The molecule has 1 rings (SSSR count). The van der Waals surface area contributed by atoms with Gasteiger partial charge >= 0.3 is 6.09 Å². The van der Waals surface area contributed by atoms with Crippen molar-refractivity contribution in [2.24, 2.45) is 5.41 Å². The average Bonchev–Trinajstić information content (AvgIpc) is 2.66. The first-order chi connectivity index (χ1) is 9.68. The van der Waals surface area contributed by atoms with E-state index in [4.69, 9.17) is 4.43 Å². The molecule has 0 saturated carbocycles. The van der Waals surface area contributed by atoms with Crippen LogP contribution >= 0.6 is 0 Å². The number of aldehydes is 1. The van der Waals surface area contributed by atoms with Crippen molar-refractivity contribution >= 4 is 20.7 Å². The quantitative estimate of drug-likeness (QED) is 0.632. The highest BCUT2D eigenvalue weighted by Gasteiger charge is 2.56. The summed E-state index contributed by atoms with van der Waals surface area (Å²) < 4.78 is 6.37. The van der Waals surface area contributed by atoms with Crippen LogP contribution in [0.2, 0.25) is 18.1 Å². The topological polar surface area (TPSA) is 66.8 Å². The third kappa shape index (κ3) is 3.22. The van der Waals surface area contributed by atoms with Gasteiger partial charge in [-0.1, -0.05) is 41.5 Å². The van der Waals surface area contributed by atoms with Crippen LogP contribution in [-0.4, -0.2) is 48.9 Å². The summed E-state index contributed by atoms with van der Waals surface area (Å²) in [5, 5.41) is 9.59. The van der Waals surface area contributed by atoms with E-state index in [0.717, 1.165) is 6.29 Å². The van der Waals surface area contributed by atoms with Gasteiger partial charge in [-0.15, -0.1) is 0 Å². The molecule has 1 aliphatic heterocycles. The Morgan fingerprint density at radius 3 is 2.05 bits per heavy atom. The summed E-state index contributed by atoms with van der Waals surface area (Å²) in [5.41, 5.74) is -1.50. The number of likely N-dealkylation sites (tertiary alicyclic amines) is 1. The van der Waals surface area contributed by atoms with Gasteiger partial charge < -0.3 is 14.3 Å². The van der Waals surface area contributed by atoms with Gasteiger partial charge in [0.1, 0.15) is 11.8 Å². The molecular weight excluding hydrogens is 298 g/mol. The van der Waals surface area contributed by atoms with E-state index < -0.39 is 25.4 Å². The largest absolute Gasteiger partial charge is 0.465 e. The molecule has 6 heteroatoms. The van der Waals surface area contributed by atoms with E-state index in [1.54, 1.807) is 0 Å². The lowest BCUT2D eigenvalue weighted by Crippen LogP contribution is -2.56. The van der Waals surface area contributed by atoms with E-state index in [1.807, 2.05) is 20.8 Å². The van der Waals surface area contributed by atoms with Gasteiger partial charge in [0.05, 0.1) is 12.6 Å². The molecule has 1 amide bonds. The minimum Gasteiger partial charge on any atom is -0.465 e. The van der Waals surface area contributed by atoms with Crippen LogP contribution in [0.15, 0.2) is 0 Å². The van der Waals surface area contributed by atoms with Crippen molar-refractivity contribution in [1.82, 2.24) is 4.90 Å². The van der Waals surface area contributed by atoms with Crippen molar-refractivity contribution in [3.05, 3.63) is 0 Å². The second-order valence-corrected chi connectivity index (χ2v) is 13.6. The third-order valence-corrected chi connectivity index (χ3v) is 9.93. The van der Waals surface area contributed by atoms with Gasteiger partial charge in [-0.3, -0.25) is 4.90 Å². The summed E-state index contributed by atoms with van der Waals surface area (Å²) in [4.78, 5) is 24.8. The molecule has 2 atom stereocenters. The zero-order chi connectivity index (χ0) is 17.6. The van der Waals surface area contributed by atoms with Gasteiger partial charge in [0.2, 0.25) is 0 Å². The lowest BCUT2D eigenvalue weighted by molar-refractivity contribution is -0.122. The van der Waals surface area contributed by atoms with Crippen LogP contribution in [0.4, 0.5) is 4.79 Å². The van der Waals surface area contributed by atoms with Gasteiger partial charge in [-0.2, -0.15) is 0 Å². The predicted molar refractivity (Wildman–Crippen MR) is 89.7 cm³/mol. The van der Waals surface area contributed by atoms with Crippen LogP contribution in [0, 0.1) is 5.41 Å². The SMILES string of the molecule is CC(C)(C)[C@]1(C=O)C[C@@H](O[Si](C)(C)C(C)(C)C)CN1C(=O)O. The Labute approximate surface area is 135 Å². The summed E-state index contributed by atoms with van der Waals surface area (Å²) in [6, 6.07) is 0. The first-order valence-corrected chi connectivity index (χ1v) is 10.7. The van der Waals surface area contributed by atoms with Crippen LogP contribution in [-0.2, 0) is 9.22 Å². The second-order valence-electron chi connectivity index (χ2n) is 8.89. The molecule has 0 aliphatic carbocycles. The molecule has 128 valence electrons. The highest BCUT2D eigenvalue weighted by atomic mass is 28.4. The Morgan fingerprint density at radius 2 is 1.77 bits per heavy atom. The number of rotatable bonds is 3. The summed E-state index contributed by atoms with van der Waals surface area (Å²) in [7, 11) is -2.00. The molecule has 22 heavy (non-hydrogen) atoms. The van der Waals surface area contributed by atoms with E-state index in [0.29, 0.717) is 6.42 Å². The van der Waals surface area contributed by atoms with Crippen LogP contribution in [0.5, 0.6) is 0 Å².